The van der Waals surface area contributed by atoms with Gasteiger partial charge in [0.25, 0.3) is 0 Å². The summed E-state index contributed by atoms with van der Waals surface area (Å²) in [5.74, 6) is -0.0622. The Morgan fingerprint density at radius 2 is 1.83 bits per heavy atom. The number of hydrogen-bond donors (Lipinski definition) is 1. The van der Waals surface area contributed by atoms with Crippen LogP contribution in [0.3, 0.4) is 0 Å². The molecule has 1 N–H and O–H groups in total. The molecule has 0 fully saturated rings. The lowest BCUT2D eigenvalue weighted by Crippen LogP contribution is -2.15. The zero-order chi connectivity index (χ0) is 24.8. The van der Waals surface area contributed by atoms with Gasteiger partial charge in [-0.3, -0.25) is 4.79 Å². The van der Waals surface area contributed by atoms with E-state index in [0.717, 1.165) is 11.8 Å². The van der Waals surface area contributed by atoms with E-state index in [1.807, 2.05) is 0 Å². The maximum atomic E-state index is 12.9. The number of amides is 1. The lowest BCUT2D eigenvalue weighted by atomic mass is 10.2. The largest absolute Gasteiger partial charge is 0.493 e. The van der Waals surface area contributed by atoms with Crippen molar-refractivity contribution in [3.8, 4) is 23.0 Å². The molecule has 0 bridgehead atoms. The van der Waals surface area contributed by atoms with Crippen molar-refractivity contribution in [2.45, 2.75) is 5.03 Å². The number of esters is 2. The lowest BCUT2D eigenvalue weighted by molar-refractivity contribution is -0.113. The third-order valence-corrected chi connectivity index (χ3v) is 5.78. The van der Waals surface area contributed by atoms with Crippen molar-refractivity contribution in [2.75, 3.05) is 32.1 Å². The Kier molecular flexibility index (Phi) is 7.36. The van der Waals surface area contributed by atoms with Crippen LogP contribution in [-0.2, 0) is 9.53 Å². The molecular weight excluding hydrogens is 476 g/mol. The van der Waals surface area contributed by atoms with Crippen LogP contribution in [0, 0.1) is 0 Å². The van der Waals surface area contributed by atoms with Gasteiger partial charge >= 0.3 is 11.9 Å². The summed E-state index contributed by atoms with van der Waals surface area (Å²) in [5.41, 5.74) is 0.978. The Morgan fingerprint density at radius 1 is 1.00 bits per heavy atom. The van der Waals surface area contributed by atoms with Crippen LogP contribution in [0.4, 0.5) is 5.69 Å². The van der Waals surface area contributed by atoms with Gasteiger partial charge in [0.2, 0.25) is 12.7 Å². The summed E-state index contributed by atoms with van der Waals surface area (Å²) >= 11 is 1.09. The molecule has 0 atom stereocenters. The van der Waals surface area contributed by atoms with Gasteiger partial charge in [-0.2, -0.15) is 0 Å². The number of aromatic nitrogens is 1. The number of anilines is 1. The first-order valence-electron chi connectivity index (χ1n) is 10.2. The standard InChI is InChI=1S/C24H20N2O8S/c1-30-19-10-14(23(28)31-2)5-7-18(19)34-24(29)16-4-3-9-25-22(16)35-12-21(27)26-15-6-8-17-20(11-15)33-13-32-17/h3-11H,12-13H2,1-2H3,(H,26,27). The highest BCUT2D eigenvalue weighted by atomic mass is 32.2. The van der Waals surface area contributed by atoms with Crippen LogP contribution in [0.1, 0.15) is 20.7 Å². The normalized spacial score (nSPS) is 11.5. The third-order valence-electron chi connectivity index (χ3n) is 4.77. The van der Waals surface area contributed by atoms with Crippen molar-refractivity contribution in [2.24, 2.45) is 0 Å². The minimum Gasteiger partial charge on any atom is -0.493 e. The maximum Gasteiger partial charge on any atom is 0.346 e. The van der Waals surface area contributed by atoms with E-state index >= 15 is 0 Å². The summed E-state index contributed by atoms with van der Waals surface area (Å²) in [6.07, 6.45) is 1.51. The fourth-order valence-electron chi connectivity index (χ4n) is 3.12. The minimum atomic E-state index is -0.694. The van der Waals surface area contributed by atoms with Gasteiger partial charge < -0.3 is 29.0 Å². The molecule has 0 spiro atoms. The topological polar surface area (TPSA) is 122 Å². The number of nitrogens with zero attached hydrogens (tertiary/aromatic N) is 1. The van der Waals surface area contributed by atoms with Gasteiger partial charge in [0.15, 0.2) is 23.0 Å². The number of pyridine rings is 1. The molecule has 11 heteroatoms. The molecule has 0 radical (unpaired) electrons. The second-order valence-corrected chi connectivity index (χ2v) is 7.97. The minimum absolute atomic E-state index is 0.00286. The van der Waals surface area contributed by atoms with E-state index in [0.29, 0.717) is 22.2 Å². The first kappa shape index (κ1) is 23.9. The number of methoxy groups -OCH3 is 2. The summed E-state index contributed by atoms with van der Waals surface area (Å²) in [7, 11) is 2.65. The first-order chi connectivity index (χ1) is 17.0. The van der Waals surface area contributed by atoms with Gasteiger partial charge in [-0.15, -0.1) is 0 Å². The molecule has 0 saturated heterocycles. The maximum absolute atomic E-state index is 12.9. The highest BCUT2D eigenvalue weighted by molar-refractivity contribution is 8.00. The molecule has 1 aliphatic heterocycles. The number of nitrogens with one attached hydrogen (secondary N) is 1. The molecule has 1 aromatic heterocycles. The van der Waals surface area contributed by atoms with Crippen LogP contribution >= 0.6 is 11.8 Å². The Balaban J connectivity index is 1.42. The molecule has 35 heavy (non-hydrogen) atoms. The average molecular weight is 496 g/mol. The van der Waals surface area contributed by atoms with Crippen LogP contribution in [0.5, 0.6) is 23.0 Å². The summed E-state index contributed by atoms with van der Waals surface area (Å²) in [6.45, 7) is 0.141. The quantitative estimate of drug-likeness (QED) is 0.281. The number of rotatable bonds is 8. The van der Waals surface area contributed by atoms with Gasteiger partial charge in [0, 0.05) is 18.0 Å². The zero-order valence-electron chi connectivity index (χ0n) is 18.7. The van der Waals surface area contributed by atoms with E-state index in [-0.39, 0.29) is 41.1 Å². The fraction of sp³-hybridized carbons (Fsp3) is 0.167. The van der Waals surface area contributed by atoms with Crippen molar-refractivity contribution in [1.29, 1.82) is 0 Å². The van der Waals surface area contributed by atoms with E-state index in [1.54, 1.807) is 30.3 Å². The van der Waals surface area contributed by atoms with Crippen molar-refractivity contribution in [3.05, 3.63) is 65.9 Å². The number of fused-ring (bicyclic) bond motifs is 1. The van der Waals surface area contributed by atoms with Crippen LogP contribution in [0.25, 0.3) is 0 Å². The zero-order valence-corrected chi connectivity index (χ0v) is 19.5. The Labute approximate surface area is 204 Å². The van der Waals surface area contributed by atoms with Crippen LogP contribution in [0.2, 0.25) is 0 Å². The fourth-order valence-corrected chi connectivity index (χ4v) is 3.90. The molecule has 2 aromatic carbocycles. The molecule has 4 rings (SSSR count). The van der Waals surface area contributed by atoms with Gasteiger partial charge in [-0.1, -0.05) is 11.8 Å². The highest BCUT2D eigenvalue weighted by Gasteiger charge is 2.20. The number of thioether (sulfide) groups is 1. The van der Waals surface area contributed by atoms with Gasteiger partial charge in [0.05, 0.1) is 31.1 Å². The summed E-state index contributed by atoms with van der Waals surface area (Å²) in [4.78, 5) is 41.3. The summed E-state index contributed by atoms with van der Waals surface area (Å²) in [5, 5.41) is 3.09. The number of carbonyl (C=O) groups excluding carboxylic acids is 3. The molecule has 180 valence electrons. The second kappa shape index (κ2) is 10.8. The number of hydrogen-bond acceptors (Lipinski definition) is 10. The van der Waals surface area contributed by atoms with Crippen molar-refractivity contribution in [3.63, 3.8) is 0 Å². The van der Waals surface area contributed by atoms with Gasteiger partial charge in [-0.05, 0) is 42.5 Å². The Bertz CT molecular complexity index is 1280. The number of benzene rings is 2. The van der Waals surface area contributed by atoms with Crippen LogP contribution in [0.15, 0.2) is 59.8 Å². The summed E-state index contributed by atoms with van der Waals surface area (Å²) < 4.78 is 26.0. The van der Waals surface area contributed by atoms with E-state index in [9.17, 15) is 14.4 Å². The van der Waals surface area contributed by atoms with E-state index < -0.39 is 11.9 Å². The smallest absolute Gasteiger partial charge is 0.346 e. The van der Waals surface area contributed by atoms with E-state index in [2.05, 4.69) is 15.0 Å². The van der Waals surface area contributed by atoms with E-state index in [4.69, 9.17) is 18.9 Å². The predicted octanol–water partition coefficient (Wildman–Crippen LogP) is 3.56. The SMILES string of the molecule is COC(=O)c1ccc(OC(=O)c2cccnc2SCC(=O)Nc2ccc3c(c2)OCO3)c(OC)c1. The van der Waals surface area contributed by atoms with Crippen molar-refractivity contribution in [1.82, 2.24) is 4.98 Å². The predicted molar refractivity (Wildman–Crippen MR) is 125 cm³/mol. The van der Waals surface area contributed by atoms with Gasteiger partial charge in [-0.25, -0.2) is 14.6 Å². The summed E-state index contributed by atoms with van der Waals surface area (Å²) in [6, 6.07) is 12.5. The van der Waals surface area contributed by atoms with Crippen molar-refractivity contribution < 1.29 is 38.1 Å². The Hall–Kier alpha value is -4.25. The van der Waals surface area contributed by atoms with Crippen LogP contribution in [-0.4, -0.2) is 49.6 Å². The lowest BCUT2D eigenvalue weighted by Gasteiger charge is -2.12. The molecule has 2 heterocycles. The molecule has 0 saturated carbocycles. The van der Waals surface area contributed by atoms with Crippen LogP contribution < -0.4 is 24.3 Å². The average Bonchev–Trinajstić information content (AvgIpc) is 3.35. The second-order valence-electron chi connectivity index (χ2n) is 7.01. The molecular formula is C24H20N2O8S. The van der Waals surface area contributed by atoms with Gasteiger partial charge in [0.1, 0.15) is 5.03 Å². The first-order valence-corrected chi connectivity index (χ1v) is 11.2. The number of ether oxygens (including phenoxy) is 5. The number of carbonyl (C=O) groups is 3. The molecule has 10 nitrogen and oxygen atoms in total. The monoisotopic (exact) mass is 496 g/mol. The molecule has 1 amide bonds. The van der Waals surface area contributed by atoms with E-state index in [1.165, 1.54) is 38.6 Å². The highest BCUT2D eigenvalue weighted by Crippen LogP contribution is 2.34. The Morgan fingerprint density at radius 3 is 2.63 bits per heavy atom. The molecule has 0 unspecified atom stereocenters. The van der Waals surface area contributed by atoms with Crippen molar-refractivity contribution >= 4 is 35.3 Å². The molecule has 1 aliphatic rings. The molecule has 3 aromatic rings. The molecule has 0 aliphatic carbocycles. The third kappa shape index (κ3) is 5.64.